The van der Waals surface area contributed by atoms with Crippen LogP contribution in [0.25, 0.3) is 0 Å². The zero-order valence-corrected chi connectivity index (χ0v) is 10.2. The number of carbonyl (C=O) groups is 1. The Morgan fingerprint density at radius 1 is 1.38 bits per heavy atom. The average Bonchev–Trinajstić information content (AvgIpc) is 2.20. The molecule has 16 heavy (non-hydrogen) atoms. The molecule has 0 bridgehead atoms. The zero-order valence-electron chi connectivity index (χ0n) is 9.48. The predicted octanol–water partition coefficient (Wildman–Crippen LogP) is 3.03. The monoisotopic (exact) mass is 241 g/mol. The van der Waals surface area contributed by atoms with Crippen molar-refractivity contribution in [3.8, 4) is 0 Å². The number of carboxylic acid groups (broad SMARTS) is 1. The summed E-state index contributed by atoms with van der Waals surface area (Å²) in [5, 5.41) is 9.37. The van der Waals surface area contributed by atoms with Gasteiger partial charge in [0.1, 0.15) is 0 Å². The number of hydrogen-bond donors (Lipinski definition) is 1. The minimum absolute atomic E-state index is 0.140. The molecule has 0 atom stereocenters. The lowest BCUT2D eigenvalue weighted by Gasteiger charge is -2.28. The lowest BCUT2D eigenvalue weighted by atomic mass is 10.2. The van der Waals surface area contributed by atoms with Crippen molar-refractivity contribution in [2.24, 2.45) is 0 Å². The van der Waals surface area contributed by atoms with Crippen LogP contribution in [-0.2, 0) is 4.79 Å². The smallest absolute Gasteiger partial charge is 0.305 e. The summed E-state index contributed by atoms with van der Waals surface area (Å²) in [5.41, 5.74) is 1.00. The largest absolute Gasteiger partial charge is 0.481 e. The molecule has 0 radical (unpaired) electrons. The Labute approximate surface area is 101 Å². The van der Waals surface area contributed by atoms with Crippen molar-refractivity contribution < 1.29 is 9.90 Å². The molecule has 0 aliphatic heterocycles. The third-order valence-corrected chi connectivity index (χ3v) is 2.60. The van der Waals surface area contributed by atoms with E-state index >= 15 is 0 Å². The van der Waals surface area contributed by atoms with Gasteiger partial charge in [-0.1, -0.05) is 11.6 Å². The lowest BCUT2D eigenvalue weighted by molar-refractivity contribution is -0.136. The van der Waals surface area contributed by atoms with Gasteiger partial charge in [0.25, 0.3) is 0 Å². The van der Waals surface area contributed by atoms with Crippen LogP contribution < -0.4 is 4.90 Å². The predicted molar refractivity (Wildman–Crippen MR) is 66.2 cm³/mol. The molecule has 0 aliphatic carbocycles. The molecular formula is C12H16ClNO2. The van der Waals surface area contributed by atoms with Crippen molar-refractivity contribution in [2.45, 2.75) is 26.3 Å². The van der Waals surface area contributed by atoms with Crippen molar-refractivity contribution in [3.63, 3.8) is 0 Å². The van der Waals surface area contributed by atoms with Gasteiger partial charge in [0, 0.05) is 23.3 Å². The lowest BCUT2D eigenvalue weighted by Crippen LogP contribution is -2.32. The Hall–Kier alpha value is -1.22. The summed E-state index contributed by atoms with van der Waals surface area (Å²) in [7, 11) is 0. The molecule has 1 N–H and O–H groups in total. The normalized spacial score (nSPS) is 10.5. The number of hydrogen-bond acceptors (Lipinski definition) is 2. The minimum atomic E-state index is -0.778. The van der Waals surface area contributed by atoms with Gasteiger partial charge in [0.05, 0.1) is 6.42 Å². The van der Waals surface area contributed by atoms with Crippen LogP contribution in [0.4, 0.5) is 5.69 Å². The van der Waals surface area contributed by atoms with E-state index in [4.69, 9.17) is 16.7 Å². The molecule has 0 fully saturated rings. The van der Waals surface area contributed by atoms with E-state index in [1.54, 1.807) is 0 Å². The molecule has 1 rings (SSSR count). The molecule has 3 nitrogen and oxygen atoms in total. The van der Waals surface area contributed by atoms with E-state index in [0.29, 0.717) is 11.6 Å². The number of aliphatic carboxylic acids is 1. The SMILES string of the molecule is CC(C)N(CCC(=O)O)c1ccc(Cl)cc1. The molecule has 0 aromatic heterocycles. The van der Waals surface area contributed by atoms with Crippen LogP contribution in [0.15, 0.2) is 24.3 Å². The average molecular weight is 242 g/mol. The van der Waals surface area contributed by atoms with Gasteiger partial charge in [0.2, 0.25) is 0 Å². The molecule has 88 valence electrons. The van der Waals surface area contributed by atoms with E-state index in [1.807, 2.05) is 43.0 Å². The fourth-order valence-corrected chi connectivity index (χ4v) is 1.66. The second kappa shape index (κ2) is 5.75. The van der Waals surface area contributed by atoms with Crippen LogP contribution in [-0.4, -0.2) is 23.7 Å². The Morgan fingerprint density at radius 2 is 1.94 bits per heavy atom. The van der Waals surface area contributed by atoms with Crippen molar-refractivity contribution in [3.05, 3.63) is 29.3 Å². The van der Waals surface area contributed by atoms with Crippen LogP contribution in [0.2, 0.25) is 5.02 Å². The quantitative estimate of drug-likeness (QED) is 0.862. The molecule has 1 aromatic rings. The highest BCUT2D eigenvalue weighted by Crippen LogP contribution is 2.20. The topological polar surface area (TPSA) is 40.5 Å². The number of rotatable bonds is 5. The second-order valence-electron chi connectivity index (χ2n) is 3.91. The van der Waals surface area contributed by atoms with Gasteiger partial charge in [-0.3, -0.25) is 4.79 Å². The van der Waals surface area contributed by atoms with Crippen molar-refractivity contribution in [1.82, 2.24) is 0 Å². The standard InChI is InChI=1S/C12H16ClNO2/c1-9(2)14(8-7-12(15)16)11-5-3-10(13)4-6-11/h3-6,9H,7-8H2,1-2H3,(H,15,16). The maximum Gasteiger partial charge on any atom is 0.305 e. The molecule has 4 heteroatoms. The van der Waals surface area contributed by atoms with Crippen molar-refractivity contribution in [1.29, 1.82) is 0 Å². The Bertz CT molecular complexity index is 349. The second-order valence-corrected chi connectivity index (χ2v) is 4.34. The van der Waals surface area contributed by atoms with Gasteiger partial charge < -0.3 is 10.0 Å². The molecule has 0 saturated heterocycles. The van der Waals surface area contributed by atoms with Crippen molar-refractivity contribution >= 4 is 23.3 Å². The van der Waals surface area contributed by atoms with Gasteiger partial charge in [-0.2, -0.15) is 0 Å². The Kier molecular flexibility index (Phi) is 4.62. The summed E-state index contributed by atoms with van der Waals surface area (Å²) >= 11 is 5.81. The van der Waals surface area contributed by atoms with Gasteiger partial charge in [-0.25, -0.2) is 0 Å². The van der Waals surface area contributed by atoms with Gasteiger partial charge >= 0.3 is 5.97 Å². The maximum atomic E-state index is 10.6. The first kappa shape index (κ1) is 12.8. The summed E-state index contributed by atoms with van der Waals surface area (Å²) < 4.78 is 0. The van der Waals surface area contributed by atoms with Gasteiger partial charge in [-0.15, -0.1) is 0 Å². The van der Waals surface area contributed by atoms with E-state index < -0.39 is 5.97 Å². The molecule has 0 spiro atoms. The molecule has 0 unspecified atom stereocenters. The number of benzene rings is 1. The zero-order chi connectivity index (χ0) is 12.1. The summed E-state index contributed by atoms with van der Waals surface area (Å²) in [6.45, 7) is 4.58. The summed E-state index contributed by atoms with van der Waals surface area (Å²) in [4.78, 5) is 12.6. The van der Waals surface area contributed by atoms with Crippen LogP contribution in [0.3, 0.4) is 0 Å². The molecule has 1 aromatic carbocycles. The first-order chi connectivity index (χ1) is 7.50. The molecule has 0 amide bonds. The van der Waals surface area contributed by atoms with E-state index in [-0.39, 0.29) is 12.5 Å². The molecule has 0 heterocycles. The highest BCUT2D eigenvalue weighted by Gasteiger charge is 2.11. The fraction of sp³-hybridized carbons (Fsp3) is 0.417. The van der Waals surface area contributed by atoms with Crippen LogP contribution in [0, 0.1) is 0 Å². The minimum Gasteiger partial charge on any atom is -0.481 e. The van der Waals surface area contributed by atoms with Crippen LogP contribution >= 0.6 is 11.6 Å². The van der Waals surface area contributed by atoms with Gasteiger partial charge in [0.15, 0.2) is 0 Å². The highest BCUT2D eigenvalue weighted by atomic mass is 35.5. The summed E-state index contributed by atoms with van der Waals surface area (Å²) in [6.07, 6.45) is 0.140. The summed E-state index contributed by atoms with van der Waals surface area (Å²) in [5.74, 6) is -0.778. The molecular weight excluding hydrogens is 226 g/mol. The first-order valence-corrected chi connectivity index (χ1v) is 5.62. The molecule has 0 aliphatic rings. The third-order valence-electron chi connectivity index (χ3n) is 2.35. The van der Waals surface area contributed by atoms with Gasteiger partial charge in [-0.05, 0) is 38.1 Å². The number of anilines is 1. The Balaban J connectivity index is 2.77. The Morgan fingerprint density at radius 3 is 2.38 bits per heavy atom. The number of carboxylic acids is 1. The van der Waals surface area contributed by atoms with Crippen molar-refractivity contribution in [2.75, 3.05) is 11.4 Å². The van der Waals surface area contributed by atoms with E-state index in [0.717, 1.165) is 5.69 Å². The van der Waals surface area contributed by atoms with E-state index in [1.165, 1.54) is 0 Å². The maximum absolute atomic E-state index is 10.6. The number of halogens is 1. The fourth-order valence-electron chi connectivity index (χ4n) is 1.53. The number of nitrogens with zero attached hydrogens (tertiary/aromatic N) is 1. The summed E-state index contributed by atoms with van der Waals surface area (Å²) in [6, 6.07) is 7.70. The van der Waals surface area contributed by atoms with Crippen LogP contribution in [0.5, 0.6) is 0 Å². The van der Waals surface area contributed by atoms with E-state index in [9.17, 15) is 4.79 Å². The highest BCUT2D eigenvalue weighted by molar-refractivity contribution is 6.30. The first-order valence-electron chi connectivity index (χ1n) is 5.24. The van der Waals surface area contributed by atoms with Crippen LogP contribution in [0.1, 0.15) is 20.3 Å². The van der Waals surface area contributed by atoms with E-state index in [2.05, 4.69) is 0 Å². The third kappa shape index (κ3) is 3.74. The molecule has 0 saturated carbocycles.